The molecule has 0 saturated heterocycles. The van der Waals surface area contributed by atoms with Gasteiger partial charge in [-0.1, -0.05) is 37.8 Å². The van der Waals surface area contributed by atoms with Crippen LogP contribution in [0.4, 0.5) is 18.9 Å². The molecular formula is C14H15ClF3N3O2. The van der Waals surface area contributed by atoms with E-state index in [2.05, 4.69) is 16.9 Å². The van der Waals surface area contributed by atoms with E-state index >= 15 is 0 Å². The van der Waals surface area contributed by atoms with E-state index in [4.69, 9.17) is 11.6 Å². The predicted molar refractivity (Wildman–Crippen MR) is 80.6 cm³/mol. The second-order valence-corrected chi connectivity index (χ2v) is 5.61. The molecule has 0 spiro atoms. The fourth-order valence-corrected chi connectivity index (χ4v) is 2.70. The molecule has 2 aromatic rings. The lowest BCUT2D eigenvalue weighted by Gasteiger charge is -2.08. The van der Waals surface area contributed by atoms with Crippen LogP contribution in [0, 0.1) is 10.1 Å². The van der Waals surface area contributed by atoms with E-state index in [1.807, 2.05) is 0 Å². The average Bonchev–Trinajstić information content (AvgIpc) is 2.83. The first-order chi connectivity index (χ1) is 10.8. The number of nitrogens with one attached hydrogen (secondary N) is 1. The molecule has 0 fully saturated rings. The Hall–Kier alpha value is -1.83. The predicted octanol–water partition coefficient (Wildman–Crippen LogP) is 5.27. The summed E-state index contributed by atoms with van der Waals surface area (Å²) in [5.74, 6) is 0.426. The Morgan fingerprint density at radius 1 is 1.35 bits per heavy atom. The third-order valence-corrected chi connectivity index (χ3v) is 3.88. The van der Waals surface area contributed by atoms with Crippen LogP contribution in [-0.4, -0.2) is 14.9 Å². The van der Waals surface area contributed by atoms with Crippen molar-refractivity contribution < 1.29 is 18.1 Å². The van der Waals surface area contributed by atoms with Gasteiger partial charge in [-0.15, -0.1) is 0 Å². The second-order valence-electron chi connectivity index (χ2n) is 5.23. The number of unbranched alkanes of at least 4 members (excludes halogenated alkanes) is 3. The number of benzene rings is 1. The average molecular weight is 350 g/mol. The third-order valence-electron chi connectivity index (χ3n) is 3.50. The van der Waals surface area contributed by atoms with E-state index in [1.165, 1.54) is 0 Å². The van der Waals surface area contributed by atoms with Crippen molar-refractivity contribution in [2.24, 2.45) is 0 Å². The van der Waals surface area contributed by atoms with Crippen molar-refractivity contribution in [3.05, 3.63) is 32.6 Å². The summed E-state index contributed by atoms with van der Waals surface area (Å²) in [7, 11) is 0. The number of aromatic nitrogens is 2. The number of alkyl halides is 3. The highest BCUT2D eigenvalue weighted by Gasteiger charge is 2.38. The van der Waals surface area contributed by atoms with E-state index in [-0.39, 0.29) is 11.0 Å². The molecule has 5 nitrogen and oxygen atoms in total. The minimum Gasteiger partial charge on any atom is -0.336 e. The topological polar surface area (TPSA) is 71.8 Å². The summed E-state index contributed by atoms with van der Waals surface area (Å²) in [6.45, 7) is 2.06. The van der Waals surface area contributed by atoms with Crippen LogP contribution in [0.3, 0.4) is 0 Å². The van der Waals surface area contributed by atoms with Crippen LogP contribution < -0.4 is 0 Å². The van der Waals surface area contributed by atoms with Crippen molar-refractivity contribution in [2.75, 3.05) is 0 Å². The zero-order valence-corrected chi connectivity index (χ0v) is 13.1. The van der Waals surface area contributed by atoms with Gasteiger partial charge in [0, 0.05) is 6.42 Å². The molecule has 0 radical (unpaired) electrons. The Kier molecular flexibility index (Phi) is 5.13. The lowest BCUT2D eigenvalue weighted by molar-refractivity contribution is -0.383. The van der Waals surface area contributed by atoms with Gasteiger partial charge in [-0.3, -0.25) is 10.1 Å². The minimum atomic E-state index is -4.78. The van der Waals surface area contributed by atoms with Crippen LogP contribution in [0.15, 0.2) is 6.07 Å². The largest absolute Gasteiger partial charge is 0.418 e. The molecule has 126 valence electrons. The number of rotatable bonds is 6. The second kappa shape index (κ2) is 6.74. The molecule has 0 aliphatic rings. The van der Waals surface area contributed by atoms with Gasteiger partial charge >= 0.3 is 11.9 Å². The van der Waals surface area contributed by atoms with E-state index in [0.29, 0.717) is 12.2 Å². The zero-order chi connectivity index (χ0) is 17.2. The molecule has 0 atom stereocenters. The van der Waals surface area contributed by atoms with Crippen molar-refractivity contribution in [2.45, 2.75) is 45.2 Å². The summed E-state index contributed by atoms with van der Waals surface area (Å²) in [6.07, 6.45) is -0.396. The van der Waals surface area contributed by atoms with Crippen LogP contribution in [0.25, 0.3) is 11.0 Å². The molecule has 0 saturated carbocycles. The Morgan fingerprint density at radius 3 is 2.61 bits per heavy atom. The van der Waals surface area contributed by atoms with Gasteiger partial charge in [0.25, 0.3) is 0 Å². The fraction of sp³-hybridized carbons (Fsp3) is 0.500. The van der Waals surface area contributed by atoms with Crippen LogP contribution in [-0.2, 0) is 12.6 Å². The molecule has 1 heterocycles. The molecule has 2 rings (SSSR count). The lowest BCUT2D eigenvalue weighted by Crippen LogP contribution is -2.07. The number of hydrogen-bond donors (Lipinski definition) is 1. The number of nitro groups is 1. The van der Waals surface area contributed by atoms with Gasteiger partial charge in [0.1, 0.15) is 16.4 Å². The molecule has 23 heavy (non-hydrogen) atoms. The number of hydrogen-bond acceptors (Lipinski definition) is 3. The number of halogens is 4. The summed E-state index contributed by atoms with van der Waals surface area (Å²) in [5.41, 5.74) is -2.20. The Balaban J connectivity index is 2.47. The van der Waals surface area contributed by atoms with E-state index in [9.17, 15) is 23.3 Å². The number of fused-ring (bicyclic) bond motifs is 1. The van der Waals surface area contributed by atoms with Gasteiger partial charge < -0.3 is 4.98 Å². The summed E-state index contributed by atoms with van der Waals surface area (Å²) in [5, 5.41) is 10.2. The van der Waals surface area contributed by atoms with Crippen LogP contribution >= 0.6 is 11.6 Å². The SMILES string of the molecule is CCCCCCc1nc2cc(C(F)(F)F)c(Cl)c([N+](=O)[O-])c2[nH]1. The quantitative estimate of drug-likeness (QED) is 0.439. The maximum absolute atomic E-state index is 13.0. The van der Waals surface area contributed by atoms with Gasteiger partial charge in [-0.05, 0) is 12.5 Å². The van der Waals surface area contributed by atoms with Crippen LogP contribution in [0.1, 0.15) is 44.0 Å². The van der Waals surface area contributed by atoms with Gasteiger partial charge in [0.15, 0.2) is 0 Å². The van der Waals surface area contributed by atoms with Crippen molar-refractivity contribution in [3.8, 4) is 0 Å². The lowest BCUT2D eigenvalue weighted by atomic mass is 10.1. The number of H-pyrrole nitrogens is 1. The maximum Gasteiger partial charge on any atom is 0.418 e. The molecule has 0 bridgehead atoms. The first-order valence-corrected chi connectivity index (χ1v) is 7.56. The molecule has 1 aromatic carbocycles. The van der Waals surface area contributed by atoms with Gasteiger partial charge in [0.05, 0.1) is 16.0 Å². The van der Waals surface area contributed by atoms with Crippen LogP contribution in [0.5, 0.6) is 0 Å². The molecular weight excluding hydrogens is 335 g/mol. The standard InChI is InChI=1S/C14H15ClF3N3O2/c1-2-3-4-5-6-10-19-9-7-8(14(16,17)18)11(15)13(21(22)23)12(9)20-10/h7H,2-6H2,1H3,(H,19,20). The van der Waals surface area contributed by atoms with Crippen LogP contribution in [0.2, 0.25) is 5.02 Å². The Labute approximate surface area is 135 Å². The summed E-state index contributed by atoms with van der Waals surface area (Å²) in [4.78, 5) is 17.0. The summed E-state index contributed by atoms with van der Waals surface area (Å²) < 4.78 is 38.9. The highest BCUT2D eigenvalue weighted by molar-refractivity contribution is 6.34. The molecule has 0 amide bonds. The smallest absolute Gasteiger partial charge is 0.336 e. The first kappa shape index (κ1) is 17.5. The maximum atomic E-state index is 13.0. The number of nitrogens with zero attached hydrogens (tertiary/aromatic N) is 2. The van der Waals surface area contributed by atoms with Gasteiger partial charge in [-0.25, -0.2) is 4.98 Å². The summed E-state index contributed by atoms with van der Waals surface area (Å²) >= 11 is 5.61. The summed E-state index contributed by atoms with van der Waals surface area (Å²) in [6, 6.07) is 0.747. The fourth-order valence-electron chi connectivity index (χ4n) is 2.38. The number of imidazole rings is 1. The van der Waals surface area contributed by atoms with E-state index in [1.54, 1.807) is 0 Å². The molecule has 1 aromatic heterocycles. The van der Waals surface area contributed by atoms with Gasteiger partial charge in [0.2, 0.25) is 0 Å². The molecule has 0 aliphatic carbocycles. The van der Waals surface area contributed by atoms with Crippen molar-refractivity contribution >= 4 is 28.3 Å². The minimum absolute atomic E-state index is 0.0708. The first-order valence-electron chi connectivity index (χ1n) is 7.18. The number of aryl methyl sites for hydroxylation is 1. The van der Waals surface area contributed by atoms with E-state index < -0.39 is 27.4 Å². The highest BCUT2D eigenvalue weighted by atomic mass is 35.5. The number of aromatic amines is 1. The molecule has 0 unspecified atom stereocenters. The van der Waals surface area contributed by atoms with Crippen molar-refractivity contribution in [1.29, 1.82) is 0 Å². The van der Waals surface area contributed by atoms with Crippen molar-refractivity contribution in [1.82, 2.24) is 9.97 Å². The highest BCUT2D eigenvalue weighted by Crippen LogP contribution is 2.42. The van der Waals surface area contributed by atoms with Crippen molar-refractivity contribution in [3.63, 3.8) is 0 Å². The monoisotopic (exact) mass is 349 g/mol. The van der Waals surface area contributed by atoms with Gasteiger partial charge in [-0.2, -0.15) is 13.2 Å². The zero-order valence-electron chi connectivity index (χ0n) is 12.3. The Bertz CT molecular complexity index is 728. The molecule has 1 N–H and O–H groups in total. The third kappa shape index (κ3) is 3.74. The normalized spacial score (nSPS) is 12.0. The number of nitro benzene ring substituents is 1. The molecule has 0 aliphatic heterocycles. The van der Waals surface area contributed by atoms with E-state index in [0.717, 1.165) is 31.7 Å². The molecule has 9 heteroatoms. The Morgan fingerprint density at radius 2 is 2.04 bits per heavy atom.